The first-order valence-corrected chi connectivity index (χ1v) is 9.85. The molecule has 0 amide bonds. The number of aldehydes is 1. The van der Waals surface area contributed by atoms with Crippen molar-refractivity contribution in [3.05, 3.63) is 29.1 Å². The summed E-state index contributed by atoms with van der Waals surface area (Å²) in [6, 6.07) is -0.818. The van der Waals surface area contributed by atoms with Crippen LogP contribution in [0.1, 0.15) is 40.0 Å². The summed E-state index contributed by atoms with van der Waals surface area (Å²) < 4.78 is 77.8. The molecular weight excluding hydrogens is 429 g/mol. The number of halogens is 5. The van der Waals surface area contributed by atoms with Crippen LogP contribution in [0.3, 0.4) is 0 Å². The summed E-state index contributed by atoms with van der Waals surface area (Å²) in [7, 11) is 0. The van der Waals surface area contributed by atoms with E-state index < -0.39 is 70.9 Å². The third-order valence-electron chi connectivity index (χ3n) is 5.30. The Morgan fingerprint density at radius 3 is 2.26 bits per heavy atom. The van der Waals surface area contributed by atoms with Gasteiger partial charge in [-0.2, -0.15) is 14.3 Å². The first-order chi connectivity index (χ1) is 14.6. The number of carbonyl (C=O) groups excluding carboxylic acids is 2. The van der Waals surface area contributed by atoms with Gasteiger partial charge in [-0.1, -0.05) is 20.3 Å². The van der Waals surface area contributed by atoms with E-state index in [1.165, 1.54) is 6.92 Å². The molecule has 1 fully saturated rings. The molecule has 1 aromatic carbocycles. The van der Waals surface area contributed by atoms with Gasteiger partial charge in [-0.3, -0.25) is 9.63 Å². The van der Waals surface area contributed by atoms with Gasteiger partial charge in [0.2, 0.25) is 34.8 Å². The van der Waals surface area contributed by atoms with E-state index in [0.717, 1.165) is 0 Å². The van der Waals surface area contributed by atoms with E-state index in [2.05, 4.69) is 10.2 Å². The highest BCUT2D eigenvalue weighted by atomic mass is 19.2. The second-order valence-electron chi connectivity index (χ2n) is 7.44. The molecule has 6 nitrogen and oxygen atoms in total. The molecule has 2 rings (SSSR count). The average Bonchev–Trinajstić information content (AvgIpc) is 2.77. The van der Waals surface area contributed by atoms with Gasteiger partial charge >= 0.3 is 5.97 Å². The molecule has 11 heteroatoms. The van der Waals surface area contributed by atoms with Crippen LogP contribution in [0.4, 0.5) is 22.0 Å². The molecule has 0 saturated carbocycles. The molecule has 1 aromatic rings. The molecule has 0 aliphatic carbocycles. The van der Waals surface area contributed by atoms with Crippen molar-refractivity contribution in [2.24, 2.45) is 17.8 Å². The Bertz CT molecular complexity index is 780. The standard InChI is InChI=1S/C20H24F5NO5/c1-4-9(2)12(10(3)26-31-20-11(8-27)6-5-7-29-20)19(28)30-18-16(24)14(22)13(21)15(23)17(18)25/h8-12,20,26H,4-7H2,1-3H3/t9?,10-,11?,12+,20?/m0/s1. The summed E-state index contributed by atoms with van der Waals surface area (Å²) in [5, 5.41) is 0. The number of nitrogens with one attached hydrogen (secondary N) is 1. The van der Waals surface area contributed by atoms with Gasteiger partial charge in [0.05, 0.1) is 11.8 Å². The Hall–Kier alpha value is -2.11. The molecule has 1 heterocycles. The minimum Gasteiger partial charge on any atom is -0.420 e. The first kappa shape index (κ1) is 25.2. The summed E-state index contributed by atoms with van der Waals surface area (Å²) in [6.45, 7) is 5.27. The van der Waals surface area contributed by atoms with Gasteiger partial charge in [-0.15, -0.1) is 0 Å². The SMILES string of the molecule is CCC(C)[C@@H](C(=O)Oc1c(F)c(F)c(F)c(F)c1F)[C@H](C)NOC1OCCCC1C=O. The monoisotopic (exact) mass is 453 g/mol. The zero-order valence-corrected chi connectivity index (χ0v) is 17.2. The highest BCUT2D eigenvalue weighted by Gasteiger charge is 2.36. The van der Waals surface area contributed by atoms with Crippen LogP contribution in [-0.2, 0) is 19.2 Å². The predicted molar refractivity (Wildman–Crippen MR) is 97.0 cm³/mol. The smallest absolute Gasteiger partial charge is 0.316 e. The minimum atomic E-state index is -2.35. The van der Waals surface area contributed by atoms with Crippen molar-refractivity contribution in [1.29, 1.82) is 0 Å². The topological polar surface area (TPSA) is 73.9 Å². The number of esters is 1. The fraction of sp³-hybridized carbons (Fsp3) is 0.600. The summed E-state index contributed by atoms with van der Waals surface area (Å²) in [6.07, 6.45) is 1.47. The number of ether oxygens (including phenoxy) is 2. The van der Waals surface area contributed by atoms with Crippen LogP contribution < -0.4 is 10.2 Å². The number of rotatable bonds is 9. The van der Waals surface area contributed by atoms with Gasteiger partial charge in [-0.05, 0) is 25.7 Å². The van der Waals surface area contributed by atoms with Gasteiger partial charge in [0, 0.05) is 12.6 Å². The highest BCUT2D eigenvalue weighted by molar-refractivity contribution is 5.76. The Labute approximate surface area is 176 Å². The molecule has 5 atom stereocenters. The predicted octanol–water partition coefficient (Wildman–Crippen LogP) is 3.81. The van der Waals surface area contributed by atoms with E-state index >= 15 is 0 Å². The molecule has 1 saturated heterocycles. The van der Waals surface area contributed by atoms with Crippen LogP contribution in [0.15, 0.2) is 0 Å². The third kappa shape index (κ3) is 5.58. The summed E-state index contributed by atoms with van der Waals surface area (Å²) in [4.78, 5) is 29.2. The Morgan fingerprint density at radius 1 is 1.13 bits per heavy atom. The fourth-order valence-corrected chi connectivity index (χ4v) is 3.31. The van der Waals surface area contributed by atoms with Crippen molar-refractivity contribution in [1.82, 2.24) is 5.48 Å². The van der Waals surface area contributed by atoms with Crippen LogP contribution in [-0.4, -0.2) is 31.2 Å². The Morgan fingerprint density at radius 2 is 1.71 bits per heavy atom. The molecule has 0 aromatic heterocycles. The van der Waals surface area contributed by atoms with E-state index in [1.807, 2.05) is 0 Å². The molecule has 1 aliphatic heterocycles. The summed E-state index contributed by atoms with van der Waals surface area (Å²) in [5.41, 5.74) is 2.58. The molecule has 1 aliphatic rings. The minimum absolute atomic E-state index is 0.377. The second-order valence-corrected chi connectivity index (χ2v) is 7.44. The lowest BCUT2D eigenvalue weighted by atomic mass is 9.86. The summed E-state index contributed by atoms with van der Waals surface area (Å²) >= 11 is 0. The number of hydroxylamine groups is 1. The van der Waals surface area contributed by atoms with E-state index in [1.54, 1.807) is 13.8 Å². The van der Waals surface area contributed by atoms with Crippen molar-refractivity contribution in [2.45, 2.75) is 52.4 Å². The van der Waals surface area contributed by atoms with Gasteiger partial charge < -0.3 is 14.3 Å². The van der Waals surface area contributed by atoms with Crippen LogP contribution in [0.5, 0.6) is 5.75 Å². The zero-order valence-electron chi connectivity index (χ0n) is 17.2. The molecule has 0 radical (unpaired) electrons. The van der Waals surface area contributed by atoms with Crippen LogP contribution >= 0.6 is 0 Å². The quantitative estimate of drug-likeness (QED) is 0.117. The van der Waals surface area contributed by atoms with Gasteiger partial charge in [0.1, 0.15) is 6.29 Å². The Balaban J connectivity index is 2.18. The summed E-state index contributed by atoms with van der Waals surface area (Å²) in [5.74, 6) is -16.2. The van der Waals surface area contributed by atoms with Gasteiger partial charge in [-0.25, -0.2) is 13.2 Å². The maximum absolute atomic E-state index is 13.9. The lowest BCUT2D eigenvalue weighted by molar-refractivity contribution is -0.226. The lowest BCUT2D eigenvalue weighted by Gasteiger charge is -2.32. The molecule has 0 spiro atoms. The average molecular weight is 453 g/mol. The zero-order chi connectivity index (χ0) is 23.3. The van der Waals surface area contributed by atoms with Crippen molar-refractivity contribution < 1.29 is 45.9 Å². The maximum atomic E-state index is 13.9. The largest absolute Gasteiger partial charge is 0.420 e. The Kier molecular flexibility index (Phi) is 8.90. The first-order valence-electron chi connectivity index (χ1n) is 9.85. The fourth-order valence-electron chi connectivity index (χ4n) is 3.31. The third-order valence-corrected chi connectivity index (χ3v) is 5.30. The van der Waals surface area contributed by atoms with Crippen molar-refractivity contribution >= 4 is 12.3 Å². The molecular formula is C20H24F5NO5. The van der Waals surface area contributed by atoms with E-state index in [9.17, 15) is 31.5 Å². The van der Waals surface area contributed by atoms with Crippen LogP contribution in [0.2, 0.25) is 0 Å². The maximum Gasteiger partial charge on any atom is 0.316 e. The van der Waals surface area contributed by atoms with Crippen LogP contribution in [0.25, 0.3) is 0 Å². The van der Waals surface area contributed by atoms with Gasteiger partial charge in [0.15, 0.2) is 6.29 Å². The lowest BCUT2D eigenvalue weighted by Crippen LogP contribution is -2.46. The van der Waals surface area contributed by atoms with Crippen molar-refractivity contribution in [2.75, 3.05) is 6.61 Å². The highest BCUT2D eigenvalue weighted by Crippen LogP contribution is 2.31. The number of benzene rings is 1. The van der Waals surface area contributed by atoms with Gasteiger partial charge in [0.25, 0.3) is 0 Å². The van der Waals surface area contributed by atoms with Crippen molar-refractivity contribution in [3.63, 3.8) is 0 Å². The molecule has 1 N–H and O–H groups in total. The van der Waals surface area contributed by atoms with Crippen LogP contribution in [0, 0.1) is 46.8 Å². The second kappa shape index (κ2) is 11.0. The van der Waals surface area contributed by atoms with Crippen molar-refractivity contribution in [3.8, 4) is 5.75 Å². The normalized spacial score (nSPS) is 21.9. The number of hydrogen-bond donors (Lipinski definition) is 1. The molecule has 174 valence electrons. The molecule has 0 bridgehead atoms. The molecule has 3 unspecified atom stereocenters. The van der Waals surface area contributed by atoms with E-state index in [0.29, 0.717) is 32.2 Å². The number of hydrogen-bond acceptors (Lipinski definition) is 6. The molecule has 31 heavy (non-hydrogen) atoms. The van der Waals surface area contributed by atoms with E-state index in [-0.39, 0.29) is 0 Å². The number of carbonyl (C=O) groups is 2. The van der Waals surface area contributed by atoms with E-state index in [4.69, 9.17) is 9.57 Å².